The highest BCUT2D eigenvalue weighted by atomic mass is 16.5. The number of rotatable bonds is 10. The minimum absolute atomic E-state index is 0.0828. The molecular formula is C24H37N5O2. The van der Waals surface area contributed by atoms with Crippen molar-refractivity contribution in [1.29, 1.82) is 0 Å². The number of hydrogen-bond acceptors (Lipinski definition) is 4. The molecule has 2 aromatic rings. The molecule has 170 valence electrons. The molecule has 2 rings (SSSR count). The fraction of sp³-hybridized carbons (Fsp3) is 0.542. The van der Waals surface area contributed by atoms with Gasteiger partial charge in [-0.15, -0.1) is 0 Å². The molecule has 7 nitrogen and oxygen atoms in total. The van der Waals surface area contributed by atoms with Gasteiger partial charge in [-0.25, -0.2) is 4.98 Å². The van der Waals surface area contributed by atoms with Crippen LogP contribution in [0.2, 0.25) is 0 Å². The van der Waals surface area contributed by atoms with Crippen molar-refractivity contribution in [1.82, 2.24) is 14.9 Å². The normalized spacial score (nSPS) is 11.5. The van der Waals surface area contributed by atoms with Crippen LogP contribution in [0.4, 0.5) is 5.69 Å². The van der Waals surface area contributed by atoms with Crippen LogP contribution >= 0.6 is 0 Å². The van der Waals surface area contributed by atoms with E-state index in [1.807, 2.05) is 39.0 Å². The molecule has 0 saturated heterocycles. The van der Waals surface area contributed by atoms with Gasteiger partial charge in [0.2, 0.25) is 0 Å². The second-order valence-corrected chi connectivity index (χ2v) is 7.20. The number of aromatic nitrogens is 2. The molecule has 0 amide bonds. The molecule has 0 fully saturated rings. The van der Waals surface area contributed by atoms with Crippen LogP contribution in [0.25, 0.3) is 11.4 Å². The summed E-state index contributed by atoms with van der Waals surface area (Å²) < 4.78 is 5.98. The van der Waals surface area contributed by atoms with Crippen LogP contribution in [0, 0.1) is 0 Å². The Kier molecular flexibility index (Phi) is 9.56. The molecule has 7 heteroatoms. The van der Waals surface area contributed by atoms with Gasteiger partial charge in [0.25, 0.3) is 5.56 Å². The van der Waals surface area contributed by atoms with E-state index in [0.29, 0.717) is 37.6 Å². The summed E-state index contributed by atoms with van der Waals surface area (Å²) in [6, 6.07) is 5.88. The number of anilines is 1. The van der Waals surface area contributed by atoms with Crippen molar-refractivity contribution in [2.24, 2.45) is 4.99 Å². The average Bonchev–Trinajstić information content (AvgIpc) is 2.78. The molecule has 1 aromatic heterocycles. The zero-order valence-electron chi connectivity index (χ0n) is 19.8. The van der Waals surface area contributed by atoms with Gasteiger partial charge in [-0.2, -0.15) is 0 Å². The Morgan fingerprint density at radius 3 is 2.45 bits per heavy atom. The molecule has 0 spiro atoms. The second-order valence-electron chi connectivity index (χ2n) is 7.20. The first-order valence-electron chi connectivity index (χ1n) is 11.5. The first-order chi connectivity index (χ1) is 15.0. The quantitative estimate of drug-likeness (QED) is 0.431. The number of nitrogens with zero attached hydrogens (tertiary/aromatic N) is 3. The Balaban J connectivity index is 2.56. The van der Waals surface area contributed by atoms with E-state index in [4.69, 9.17) is 9.72 Å². The van der Waals surface area contributed by atoms with Crippen molar-refractivity contribution in [3.8, 4) is 17.1 Å². The Labute approximate surface area is 186 Å². The highest BCUT2D eigenvalue weighted by Crippen LogP contribution is 2.31. The number of ether oxygens (including phenoxy) is 1. The number of aliphatic imine (C=N–C) groups is 1. The SMILES string of the molecule is CCCOc1ccc(N/C(=N/CC)N(CC)CC)cc1-c1nc(CC)c(CC)c(=O)[nH]1. The average molecular weight is 428 g/mol. The molecule has 0 aliphatic rings. The lowest BCUT2D eigenvalue weighted by atomic mass is 10.1. The monoisotopic (exact) mass is 427 g/mol. The minimum Gasteiger partial charge on any atom is -0.493 e. The Bertz CT molecular complexity index is 932. The van der Waals surface area contributed by atoms with E-state index in [0.717, 1.165) is 48.0 Å². The topological polar surface area (TPSA) is 82.6 Å². The molecule has 0 aliphatic carbocycles. The van der Waals surface area contributed by atoms with Gasteiger partial charge >= 0.3 is 0 Å². The highest BCUT2D eigenvalue weighted by molar-refractivity contribution is 5.94. The standard InChI is InChI=1S/C24H37N5O2/c1-7-15-31-21-14-13-17(26-24(25-10-4)29(11-5)12-6)16-19(21)22-27-20(9-3)18(8-2)23(30)28-22/h13-14,16H,7-12,15H2,1-6H3,(H,25,26)(H,27,28,30). The summed E-state index contributed by atoms with van der Waals surface area (Å²) in [6.07, 6.45) is 2.26. The van der Waals surface area contributed by atoms with Crippen LogP contribution < -0.4 is 15.6 Å². The largest absolute Gasteiger partial charge is 0.493 e. The van der Waals surface area contributed by atoms with Crippen molar-refractivity contribution < 1.29 is 4.74 Å². The first-order valence-corrected chi connectivity index (χ1v) is 11.5. The van der Waals surface area contributed by atoms with Gasteiger partial charge in [0.05, 0.1) is 17.9 Å². The van der Waals surface area contributed by atoms with Gasteiger partial charge in [0.15, 0.2) is 5.96 Å². The molecule has 0 bridgehead atoms. The molecular weight excluding hydrogens is 390 g/mol. The van der Waals surface area contributed by atoms with Crippen LogP contribution in [-0.4, -0.2) is 47.1 Å². The first kappa shape index (κ1) is 24.4. The van der Waals surface area contributed by atoms with Crippen LogP contribution in [0.5, 0.6) is 5.75 Å². The predicted molar refractivity (Wildman–Crippen MR) is 129 cm³/mol. The van der Waals surface area contributed by atoms with Gasteiger partial charge in [0.1, 0.15) is 11.6 Å². The Morgan fingerprint density at radius 1 is 1.13 bits per heavy atom. The van der Waals surface area contributed by atoms with Crippen LogP contribution in [-0.2, 0) is 12.8 Å². The number of aryl methyl sites for hydroxylation is 1. The van der Waals surface area contributed by atoms with Gasteiger partial charge in [-0.05, 0) is 58.2 Å². The van der Waals surface area contributed by atoms with Crippen molar-refractivity contribution >= 4 is 11.6 Å². The lowest BCUT2D eigenvalue weighted by Gasteiger charge is -2.24. The maximum Gasteiger partial charge on any atom is 0.254 e. The lowest BCUT2D eigenvalue weighted by molar-refractivity contribution is 0.318. The third-order valence-corrected chi connectivity index (χ3v) is 5.11. The van der Waals surface area contributed by atoms with Crippen molar-refractivity contribution in [2.75, 3.05) is 31.6 Å². The minimum atomic E-state index is -0.0828. The molecule has 1 heterocycles. The zero-order valence-corrected chi connectivity index (χ0v) is 19.8. The summed E-state index contributed by atoms with van der Waals surface area (Å²) in [6.45, 7) is 15.3. The number of aromatic amines is 1. The fourth-order valence-corrected chi connectivity index (χ4v) is 3.48. The lowest BCUT2D eigenvalue weighted by Crippen LogP contribution is -2.36. The summed E-state index contributed by atoms with van der Waals surface area (Å²) in [5.41, 5.74) is 3.13. The van der Waals surface area contributed by atoms with Crippen LogP contribution in [0.3, 0.4) is 0 Å². The molecule has 0 unspecified atom stereocenters. The number of nitrogens with one attached hydrogen (secondary N) is 2. The predicted octanol–water partition coefficient (Wildman–Crippen LogP) is 4.48. The van der Waals surface area contributed by atoms with Gasteiger partial charge in [0, 0.05) is 30.9 Å². The van der Waals surface area contributed by atoms with E-state index in [1.165, 1.54) is 0 Å². The van der Waals surface area contributed by atoms with E-state index >= 15 is 0 Å². The summed E-state index contributed by atoms with van der Waals surface area (Å²) in [7, 11) is 0. The van der Waals surface area contributed by atoms with Gasteiger partial charge < -0.3 is 19.9 Å². The maximum absolute atomic E-state index is 12.7. The summed E-state index contributed by atoms with van der Waals surface area (Å²) >= 11 is 0. The number of hydrogen-bond donors (Lipinski definition) is 2. The van der Waals surface area contributed by atoms with E-state index in [1.54, 1.807) is 0 Å². The number of H-pyrrole nitrogens is 1. The molecule has 2 N–H and O–H groups in total. The maximum atomic E-state index is 12.7. The number of benzene rings is 1. The molecule has 0 radical (unpaired) electrons. The zero-order chi connectivity index (χ0) is 22.8. The fourth-order valence-electron chi connectivity index (χ4n) is 3.48. The summed E-state index contributed by atoms with van der Waals surface area (Å²) in [4.78, 5) is 27.2. The van der Waals surface area contributed by atoms with Crippen molar-refractivity contribution in [2.45, 2.75) is 60.8 Å². The van der Waals surface area contributed by atoms with E-state index < -0.39 is 0 Å². The van der Waals surface area contributed by atoms with E-state index in [9.17, 15) is 4.79 Å². The summed E-state index contributed by atoms with van der Waals surface area (Å²) in [5.74, 6) is 2.07. The molecule has 31 heavy (non-hydrogen) atoms. The Morgan fingerprint density at radius 2 is 1.87 bits per heavy atom. The van der Waals surface area contributed by atoms with E-state index in [2.05, 4.69) is 41.0 Å². The van der Waals surface area contributed by atoms with Crippen molar-refractivity contribution in [3.05, 3.63) is 39.8 Å². The third-order valence-electron chi connectivity index (χ3n) is 5.11. The summed E-state index contributed by atoms with van der Waals surface area (Å²) in [5, 5.41) is 3.44. The Hall–Kier alpha value is -2.83. The second kappa shape index (κ2) is 12.1. The smallest absolute Gasteiger partial charge is 0.254 e. The van der Waals surface area contributed by atoms with Crippen LogP contribution in [0.1, 0.15) is 59.2 Å². The molecule has 1 aromatic carbocycles. The van der Waals surface area contributed by atoms with Crippen molar-refractivity contribution in [3.63, 3.8) is 0 Å². The van der Waals surface area contributed by atoms with E-state index in [-0.39, 0.29) is 5.56 Å². The van der Waals surface area contributed by atoms with Crippen LogP contribution in [0.15, 0.2) is 28.0 Å². The van der Waals surface area contributed by atoms with Gasteiger partial charge in [-0.3, -0.25) is 9.79 Å². The highest BCUT2D eigenvalue weighted by Gasteiger charge is 2.16. The number of guanidine groups is 1. The molecule has 0 atom stereocenters. The third kappa shape index (κ3) is 6.09. The molecule has 0 aliphatic heterocycles. The molecule has 0 saturated carbocycles. The van der Waals surface area contributed by atoms with Gasteiger partial charge in [-0.1, -0.05) is 20.8 Å².